The Morgan fingerprint density at radius 2 is 1.91 bits per heavy atom. The molecule has 0 spiro atoms. The van der Waals surface area contributed by atoms with Crippen molar-refractivity contribution in [3.05, 3.63) is 76.9 Å². The lowest BCUT2D eigenvalue weighted by Crippen LogP contribution is -2.12. The molecule has 0 aliphatic carbocycles. The zero-order chi connectivity index (χ0) is 15.5. The molecule has 0 fully saturated rings. The fourth-order valence-corrected chi connectivity index (χ4v) is 2.99. The van der Waals surface area contributed by atoms with Crippen molar-refractivity contribution in [2.24, 2.45) is 0 Å². The topological polar surface area (TPSA) is 29.1 Å². The van der Waals surface area contributed by atoms with E-state index in [0.717, 1.165) is 16.1 Å². The molecule has 1 aromatic heterocycles. The second-order valence-corrected chi connectivity index (χ2v) is 5.89. The van der Waals surface area contributed by atoms with Gasteiger partial charge < -0.3 is 5.32 Å². The van der Waals surface area contributed by atoms with Crippen LogP contribution in [0.4, 0.5) is 10.1 Å². The molecule has 0 atom stereocenters. The largest absolute Gasteiger partial charge is 0.321 e. The average molecular weight is 311 g/mol. The third-order valence-electron chi connectivity index (χ3n) is 3.38. The maximum absolute atomic E-state index is 13.3. The summed E-state index contributed by atoms with van der Waals surface area (Å²) < 4.78 is 13.3. The van der Waals surface area contributed by atoms with Crippen LogP contribution in [0.2, 0.25) is 0 Å². The van der Waals surface area contributed by atoms with Gasteiger partial charge in [-0.2, -0.15) is 0 Å². The Kier molecular flexibility index (Phi) is 4.02. The number of hydrogen-bond donors (Lipinski definition) is 1. The molecule has 0 radical (unpaired) electrons. The second kappa shape index (κ2) is 6.12. The Bertz CT molecular complexity index is 812. The van der Waals surface area contributed by atoms with Gasteiger partial charge in [-0.1, -0.05) is 24.3 Å². The third kappa shape index (κ3) is 2.92. The van der Waals surface area contributed by atoms with Gasteiger partial charge in [0, 0.05) is 21.7 Å². The summed E-state index contributed by atoms with van der Waals surface area (Å²) in [7, 11) is 0. The molecule has 0 saturated carbocycles. The zero-order valence-corrected chi connectivity index (χ0v) is 12.8. The number of amides is 1. The van der Waals surface area contributed by atoms with E-state index in [-0.39, 0.29) is 11.7 Å². The minimum absolute atomic E-state index is 0.243. The number of aryl methyl sites for hydroxylation is 1. The summed E-state index contributed by atoms with van der Waals surface area (Å²) in [5.74, 6) is -0.553. The molecule has 0 aliphatic rings. The van der Waals surface area contributed by atoms with Gasteiger partial charge in [-0.05, 0) is 48.2 Å². The van der Waals surface area contributed by atoms with Crippen molar-refractivity contribution in [3.63, 3.8) is 0 Å². The van der Waals surface area contributed by atoms with E-state index in [1.807, 2.05) is 41.8 Å². The van der Waals surface area contributed by atoms with Crippen LogP contribution in [-0.4, -0.2) is 5.91 Å². The maximum atomic E-state index is 13.3. The first kappa shape index (κ1) is 14.5. The Morgan fingerprint density at radius 1 is 1.09 bits per heavy atom. The van der Waals surface area contributed by atoms with Crippen molar-refractivity contribution in [1.29, 1.82) is 0 Å². The first-order valence-corrected chi connectivity index (χ1v) is 7.73. The fourth-order valence-electron chi connectivity index (χ4n) is 2.22. The van der Waals surface area contributed by atoms with Crippen LogP contribution in [0, 0.1) is 12.7 Å². The summed E-state index contributed by atoms with van der Waals surface area (Å²) in [6, 6.07) is 16.0. The lowest BCUT2D eigenvalue weighted by atomic mass is 10.1. The lowest BCUT2D eigenvalue weighted by molar-refractivity contribution is 0.102. The highest BCUT2D eigenvalue weighted by atomic mass is 32.1. The van der Waals surface area contributed by atoms with Gasteiger partial charge >= 0.3 is 0 Å². The Hall–Kier alpha value is -2.46. The highest BCUT2D eigenvalue weighted by Crippen LogP contribution is 2.31. The van der Waals surface area contributed by atoms with Gasteiger partial charge in [0.25, 0.3) is 5.91 Å². The predicted molar refractivity (Wildman–Crippen MR) is 88.8 cm³/mol. The Morgan fingerprint density at radius 3 is 2.64 bits per heavy atom. The highest BCUT2D eigenvalue weighted by molar-refractivity contribution is 7.13. The van der Waals surface area contributed by atoms with E-state index in [4.69, 9.17) is 0 Å². The highest BCUT2D eigenvalue weighted by Gasteiger charge is 2.11. The van der Waals surface area contributed by atoms with E-state index >= 15 is 0 Å². The molecule has 2 aromatic carbocycles. The van der Waals surface area contributed by atoms with Gasteiger partial charge in [-0.25, -0.2) is 4.39 Å². The van der Waals surface area contributed by atoms with Crippen molar-refractivity contribution in [3.8, 4) is 10.4 Å². The molecular weight excluding hydrogens is 297 g/mol. The number of anilines is 1. The van der Waals surface area contributed by atoms with Gasteiger partial charge in [0.1, 0.15) is 5.82 Å². The number of para-hydroxylation sites is 1. The van der Waals surface area contributed by atoms with E-state index < -0.39 is 0 Å². The molecule has 3 rings (SSSR count). The SMILES string of the molecule is Cc1cc(C(=O)Nc2ccccc2-c2cccs2)ccc1F. The van der Waals surface area contributed by atoms with Crippen LogP contribution in [-0.2, 0) is 0 Å². The summed E-state index contributed by atoms with van der Waals surface area (Å²) in [5, 5.41) is 4.90. The number of hydrogen-bond acceptors (Lipinski definition) is 2. The summed E-state index contributed by atoms with van der Waals surface area (Å²) >= 11 is 1.62. The number of carbonyl (C=O) groups excluding carboxylic acids is 1. The standard InChI is InChI=1S/C18H14FNOS/c1-12-11-13(8-9-15(12)19)18(21)20-16-6-3-2-5-14(16)17-7-4-10-22-17/h2-11H,1H3,(H,20,21). The van der Waals surface area contributed by atoms with Crippen molar-refractivity contribution >= 4 is 22.9 Å². The molecule has 1 heterocycles. The summed E-state index contributed by atoms with van der Waals surface area (Å²) in [6.07, 6.45) is 0. The van der Waals surface area contributed by atoms with E-state index in [1.165, 1.54) is 12.1 Å². The van der Waals surface area contributed by atoms with Gasteiger partial charge in [-0.15, -0.1) is 11.3 Å². The molecule has 0 aliphatic heterocycles. The number of rotatable bonds is 3. The molecule has 110 valence electrons. The van der Waals surface area contributed by atoms with Gasteiger partial charge in [0.15, 0.2) is 0 Å². The van der Waals surface area contributed by atoms with E-state index in [9.17, 15) is 9.18 Å². The smallest absolute Gasteiger partial charge is 0.255 e. The van der Waals surface area contributed by atoms with Crippen molar-refractivity contribution in [2.45, 2.75) is 6.92 Å². The average Bonchev–Trinajstić information content (AvgIpc) is 3.04. The molecule has 0 saturated heterocycles. The Balaban J connectivity index is 1.90. The van der Waals surface area contributed by atoms with Crippen molar-refractivity contribution < 1.29 is 9.18 Å². The molecule has 3 aromatic rings. The van der Waals surface area contributed by atoms with Crippen LogP contribution < -0.4 is 5.32 Å². The molecule has 0 unspecified atom stereocenters. The number of carbonyl (C=O) groups is 1. The molecule has 2 nitrogen and oxygen atoms in total. The predicted octanol–water partition coefficient (Wildman–Crippen LogP) is 5.11. The van der Waals surface area contributed by atoms with E-state index in [0.29, 0.717) is 11.1 Å². The zero-order valence-electron chi connectivity index (χ0n) is 12.0. The maximum Gasteiger partial charge on any atom is 0.255 e. The van der Waals surface area contributed by atoms with Crippen LogP contribution in [0.25, 0.3) is 10.4 Å². The van der Waals surface area contributed by atoms with Crippen LogP contribution in [0.5, 0.6) is 0 Å². The quantitative estimate of drug-likeness (QED) is 0.715. The minimum atomic E-state index is -0.310. The van der Waals surface area contributed by atoms with Gasteiger partial charge in [0.05, 0.1) is 0 Å². The summed E-state index contributed by atoms with van der Waals surface area (Å²) in [5.41, 5.74) is 2.63. The fraction of sp³-hybridized carbons (Fsp3) is 0.0556. The van der Waals surface area contributed by atoms with Crippen molar-refractivity contribution in [2.75, 3.05) is 5.32 Å². The molecule has 0 bridgehead atoms. The molecule has 1 amide bonds. The summed E-state index contributed by atoms with van der Waals surface area (Å²) in [6.45, 7) is 1.64. The number of thiophene rings is 1. The third-order valence-corrected chi connectivity index (χ3v) is 4.29. The number of halogens is 1. The van der Waals surface area contributed by atoms with E-state index in [2.05, 4.69) is 5.32 Å². The molecule has 1 N–H and O–H groups in total. The van der Waals surface area contributed by atoms with Gasteiger partial charge in [-0.3, -0.25) is 4.79 Å². The first-order valence-electron chi connectivity index (χ1n) is 6.85. The minimum Gasteiger partial charge on any atom is -0.321 e. The molecule has 22 heavy (non-hydrogen) atoms. The van der Waals surface area contributed by atoms with Crippen LogP contribution in [0.3, 0.4) is 0 Å². The van der Waals surface area contributed by atoms with Crippen LogP contribution in [0.1, 0.15) is 15.9 Å². The molecular formula is C18H14FNOS. The number of benzene rings is 2. The Labute approximate surface area is 132 Å². The first-order chi connectivity index (χ1) is 10.6. The van der Waals surface area contributed by atoms with Gasteiger partial charge in [0.2, 0.25) is 0 Å². The van der Waals surface area contributed by atoms with E-state index in [1.54, 1.807) is 24.3 Å². The lowest BCUT2D eigenvalue weighted by Gasteiger charge is -2.10. The van der Waals surface area contributed by atoms with Crippen molar-refractivity contribution in [1.82, 2.24) is 0 Å². The second-order valence-electron chi connectivity index (χ2n) is 4.94. The van der Waals surface area contributed by atoms with Crippen LogP contribution in [0.15, 0.2) is 60.0 Å². The monoisotopic (exact) mass is 311 g/mol. The normalized spacial score (nSPS) is 10.5. The summed E-state index contributed by atoms with van der Waals surface area (Å²) in [4.78, 5) is 13.5. The number of nitrogens with one attached hydrogen (secondary N) is 1. The van der Waals surface area contributed by atoms with Crippen LogP contribution >= 0.6 is 11.3 Å². The molecule has 4 heteroatoms.